The lowest BCUT2D eigenvalue weighted by molar-refractivity contribution is 0.129. The summed E-state index contributed by atoms with van der Waals surface area (Å²) in [7, 11) is 1.70. The van der Waals surface area contributed by atoms with Gasteiger partial charge in [-0.25, -0.2) is 0 Å². The summed E-state index contributed by atoms with van der Waals surface area (Å²) in [5.41, 5.74) is 1.10. The first-order valence-electron chi connectivity index (χ1n) is 5.45. The molecule has 1 heterocycles. The van der Waals surface area contributed by atoms with Gasteiger partial charge in [0.1, 0.15) is 5.01 Å². The number of hydrogen-bond donors (Lipinski definition) is 1. The molecule has 1 N–H and O–H groups in total. The lowest BCUT2D eigenvalue weighted by Crippen LogP contribution is -2.17. The van der Waals surface area contributed by atoms with Crippen LogP contribution in [0, 0.1) is 0 Å². The summed E-state index contributed by atoms with van der Waals surface area (Å²) < 4.78 is 5.16. The number of hydrogen-bond acceptors (Lipinski definition) is 5. The van der Waals surface area contributed by atoms with E-state index in [1.54, 1.807) is 18.4 Å². The zero-order chi connectivity index (χ0) is 12.1. The second kappa shape index (κ2) is 5.75. The third-order valence-corrected chi connectivity index (χ3v) is 3.32. The van der Waals surface area contributed by atoms with E-state index in [9.17, 15) is 0 Å². The van der Waals surface area contributed by atoms with Gasteiger partial charge in [-0.2, -0.15) is 0 Å². The van der Waals surface area contributed by atoms with Gasteiger partial charge in [0.2, 0.25) is 5.13 Å². The lowest BCUT2D eigenvalue weighted by Gasteiger charge is -2.08. The molecule has 2 aromatic rings. The molecule has 0 aliphatic carbocycles. The van der Waals surface area contributed by atoms with Crippen molar-refractivity contribution >= 4 is 16.5 Å². The van der Waals surface area contributed by atoms with Crippen molar-refractivity contribution in [2.24, 2.45) is 0 Å². The van der Waals surface area contributed by atoms with Gasteiger partial charge in [0.05, 0.1) is 6.10 Å². The maximum Gasteiger partial charge on any atom is 0.206 e. The van der Waals surface area contributed by atoms with Crippen molar-refractivity contribution in [2.45, 2.75) is 13.0 Å². The molecule has 90 valence electrons. The number of benzene rings is 1. The minimum atomic E-state index is 0.166. The number of aromatic nitrogens is 2. The van der Waals surface area contributed by atoms with Crippen LogP contribution in [0.25, 0.3) is 10.6 Å². The van der Waals surface area contributed by atoms with Crippen LogP contribution in [-0.2, 0) is 4.74 Å². The van der Waals surface area contributed by atoms with Gasteiger partial charge in [-0.3, -0.25) is 0 Å². The summed E-state index contributed by atoms with van der Waals surface area (Å²) in [5, 5.41) is 13.2. The number of ether oxygens (including phenoxy) is 1. The third-order valence-electron chi connectivity index (χ3n) is 2.39. The molecule has 1 atom stereocenters. The molecule has 0 spiro atoms. The van der Waals surface area contributed by atoms with Crippen LogP contribution in [0.3, 0.4) is 0 Å². The zero-order valence-corrected chi connectivity index (χ0v) is 10.7. The van der Waals surface area contributed by atoms with Crippen molar-refractivity contribution in [3.05, 3.63) is 30.3 Å². The Kier molecular flexibility index (Phi) is 4.06. The van der Waals surface area contributed by atoms with Crippen molar-refractivity contribution in [1.82, 2.24) is 10.2 Å². The Morgan fingerprint density at radius 1 is 1.29 bits per heavy atom. The Balaban J connectivity index is 2.01. The van der Waals surface area contributed by atoms with Gasteiger partial charge >= 0.3 is 0 Å². The molecule has 0 saturated carbocycles. The monoisotopic (exact) mass is 249 g/mol. The summed E-state index contributed by atoms with van der Waals surface area (Å²) in [4.78, 5) is 0. The highest BCUT2D eigenvalue weighted by Crippen LogP contribution is 2.25. The van der Waals surface area contributed by atoms with Gasteiger partial charge in [-0.15, -0.1) is 10.2 Å². The summed E-state index contributed by atoms with van der Waals surface area (Å²) in [6.07, 6.45) is 0.166. The predicted octanol–water partition coefficient (Wildman–Crippen LogP) is 2.65. The molecule has 4 nitrogen and oxygen atoms in total. The quantitative estimate of drug-likeness (QED) is 0.885. The molecule has 0 saturated heterocycles. The first-order chi connectivity index (χ1) is 8.29. The van der Waals surface area contributed by atoms with E-state index in [-0.39, 0.29) is 6.10 Å². The van der Waals surface area contributed by atoms with E-state index in [0.29, 0.717) is 0 Å². The first kappa shape index (κ1) is 12.0. The van der Waals surface area contributed by atoms with E-state index in [4.69, 9.17) is 4.74 Å². The van der Waals surface area contributed by atoms with Gasteiger partial charge in [-0.1, -0.05) is 41.7 Å². The van der Waals surface area contributed by atoms with E-state index in [1.807, 2.05) is 37.3 Å². The van der Waals surface area contributed by atoms with Crippen LogP contribution >= 0.6 is 11.3 Å². The molecular formula is C12H15N3OS. The maximum atomic E-state index is 5.16. The smallest absolute Gasteiger partial charge is 0.206 e. The molecule has 2 rings (SSSR count). The second-order valence-corrected chi connectivity index (χ2v) is 4.68. The topological polar surface area (TPSA) is 47.0 Å². The van der Waals surface area contributed by atoms with Gasteiger partial charge in [-0.05, 0) is 6.92 Å². The maximum absolute atomic E-state index is 5.16. The van der Waals surface area contributed by atoms with Crippen LogP contribution in [0.4, 0.5) is 5.13 Å². The summed E-state index contributed by atoms with van der Waals surface area (Å²) in [5.74, 6) is 0. The van der Waals surface area contributed by atoms with E-state index >= 15 is 0 Å². The number of nitrogens with one attached hydrogen (secondary N) is 1. The average Bonchev–Trinajstić information content (AvgIpc) is 2.86. The number of nitrogens with zero attached hydrogens (tertiary/aromatic N) is 2. The Morgan fingerprint density at radius 3 is 2.76 bits per heavy atom. The highest BCUT2D eigenvalue weighted by Gasteiger charge is 2.06. The highest BCUT2D eigenvalue weighted by atomic mass is 32.1. The minimum absolute atomic E-state index is 0.166. The fraction of sp³-hybridized carbons (Fsp3) is 0.333. The Morgan fingerprint density at radius 2 is 2.06 bits per heavy atom. The molecule has 0 bridgehead atoms. The lowest BCUT2D eigenvalue weighted by atomic mass is 10.2. The third kappa shape index (κ3) is 3.25. The predicted molar refractivity (Wildman–Crippen MR) is 70.3 cm³/mol. The number of methoxy groups -OCH3 is 1. The Bertz CT molecular complexity index is 458. The van der Waals surface area contributed by atoms with Gasteiger partial charge in [0, 0.05) is 19.2 Å². The fourth-order valence-corrected chi connectivity index (χ4v) is 2.06. The molecule has 0 fully saturated rings. The summed E-state index contributed by atoms with van der Waals surface area (Å²) >= 11 is 1.55. The van der Waals surface area contributed by atoms with Crippen molar-refractivity contribution in [3.63, 3.8) is 0 Å². The van der Waals surface area contributed by atoms with E-state index < -0.39 is 0 Å². The standard InChI is InChI=1S/C12H15N3OS/c1-9(16-2)8-13-12-15-14-11(17-12)10-6-4-3-5-7-10/h3-7,9H,8H2,1-2H3,(H,13,15). The van der Waals surface area contributed by atoms with Crippen molar-refractivity contribution in [1.29, 1.82) is 0 Å². The molecule has 1 unspecified atom stereocenters. The molecule has 17 heavy (non-hydrogen) atoms. The van der Waals surface area contributed by atoms with E-state index in [1.165, 1.54) is 0 Å². The van der Waals surface area contributed by atoms with Crippen LogP contribution in [0.2, 0.25) is 0 Å². The van der Waals surface area contributed by atoms with Crippen LogP contribution in [0.5, 0.6) is 0 Å². The van der Waals surface area contributed by atoms with Gasteiger partial charge in [0.15, 0.2) is 0 Å². The zero-order valence-electron chi connectivity index (χ0n) is 9.88. The molecule has 0 aliphatic heterocycles. The molecule has 0 radical (unpaired) electrons. The highest BCUT2D eigenvalue weighted by molar-refractivity contribution is 7.18. The Labute approximate surface area is 105 Å². The number of anilines is 1. The van der Waals surface area contributed by atoms with E-state index in [0.717, 1.165) is 22.2 Å². The molecule has 0 aliphatic rings. The van der Waals surface area contributed by atoms with Crippen LogP contribution in [0.15, 0.2) is 30.3 Å². The van der Waals surface area contributed by atoms with Crippen LogP contribution in [-0.4, -0.2) is 30.0 Å². The second-order valence-electron chi connectivity index (χ2n) is 3.71. The average molecular weight is 249 g/mol. The van der Waals surface area contributed by atoms with Crippen molar-refractivity contribution in [2.75, 3.05) is 19.0 Å². The first-order valence-corrected chi connectivity index (χ1v) is 6.27. The van der Waals surface area contributed by atoms with Crippen LogP contribution < -0.4 is 5.32 Å². The van der Waals surface area contributed by atoms with Crippen LogP contribution in [0.1, 0.15) is 6.92 Å². The fourth-order valence-electron chi connectivity index (χ4n) is 1.31. The molecule has 0 amide bonds. The largest absolute Gasteiger partial charge is 0.380 e. The van der Waals surface area contributed by atoms with Crippen molar-refractivity contribution in [3.8, 4) is 10.6 Å². The SMILES string of the molecule is COC(C)CNc1nnc(-c2ccccc2)s1. The Hall–Kier alpha value is -1.46. The van der Waals surface area contributed by atoms with E-state index in [2.05, 4.69) is 15.5 Å². The van der Waals surface area contributed by atoms with Gasteiger partial charge < -0.3 is 10.1 Å². The molecule has 5 heteroatoms. The van der Waals surface area contributed by atoms with Gasteiger partial charge in [0.25, 0.3) is 0 Å². The minimum Gasteiger partial charge on any atom is -0.380 e. The molecule has 1 aromatic carbocycles. The molecular weight excluding hydrogens is 234 g/mol. The summed E-state index contributed by atoms with van der Waals surface area (Å²) in [6, 6.07) is 10.0. The van der Waals surface area contributed by atoms with Crippen molar-refractivity contribution < 1.29 is 4.74 Å². The molecule has 1 aromatic heterocycles. The number of rotatable bonds is 5. The summed E-state index contributed by atoms with van der Waals surface area (Å²) in [6.45, 7) is 2.74. The normalized spacial score (nSPS) is 12.4.